The Balaban J connectivity index is 1.90. The molecular formula is C14H14BrNO3. The van der Waals surface area contributed by atoms with Crippen LogP contribution in [0.3, 0.4) is 0 Å². The summed E-state index contributed by atoms with van der Waals surface area (Å²) in [7, 11) is 0. The maximum Gasteiger partial charge on any atom is 0.407 e. The molecule has 1 amide bonds. The van der Waals surface area contributed by atoms with E-state index in [0.29, 0.717) is 17.6 Å². The maximum absolute atomic E-state index is 11.3. The lowest BCUT2D eigenvalue weighted by Gasteiger charge is -2.03. The minimum Gasteiger partial charge on any atom is -0.457 e. The van der Waals surface area contributed by atoms with Gasteiger partial charge in [-0.1, -0.05) is 46.3 Å². The zero-order valence-corrected chi connectivity index (χ0v) is 11.9. The van der Waals surface area contributed by atoms with E-state index in [1.54, 1.807) is 6.07 Å². The number of rotatable bonds is 5. The number of benzene rings is 1. The van der Waals surface area contributed by atoms with Crippen molar-refractivity contribution in [1.82, 2.24) is 5.32 Å². The van der Waals surface area contributed by atoms with Gasteiger partial charge >= 0.3 is 6.09 Å². The van der Waals surface area contributed by atoms with Crippen LogP contribution in [0.1, 0.15) is 5.76 Å². The number of nitrogens with one attached hydrogen (secondary N) is 1. The Morgan fingerprint density at radius 1 is 1.21 bits per heavy atom. The molecule has 0 fully saturated rings. The van der Waals surface area contributed by atoms with Gasteiger partial charge in [0.15, 0.2) is 6.61 Å². The van der Waals surface area contributed by atoms with Crippen LogP contribution >= 0.6 is 15.9 Å². The number of alkyl halides is 1. The molecule has 19 heavy (non-hydrogen) atoms. The number of furan rings is 1. The average molecular weight is 324 g/mol. The van der Waals surface area contributed by atoms with Crippen molar-refractivity contribution in [3.05, 3.63) is 48.2 Å². The van der Waals surface area contributed by atoms with Gasteiger partial charge in [-0.3, -0.25) is 0 Å². The first-order chi connectivity index (χ1) is 9.29. The fourth-order valence-electron chi connectivity index (χ4n) is 1.55. The summed E-state index contributed by atoms with van der Waals surface area (Å²) in [6, 6.07) is 13.4. The van der Waals surface area contributed by atoms with Gasteiger partial charge in [0, 0.05) is 17.4 Å². The molecule has 5 heteroatoms. The summed E-state index contributed by atoms with van der Waals surface area (Å²) >= 11 is 3.21. The van der Waals surface area contributed by atoms with Crippen molar-refractivity contribution in [2.24, 2.45) is 0 Å². The molecule has 0 spiro atoms. The maximum atomic E-state index is 11.3. The van der Waals surface area contributed by atoms with E-state index in [2.05, 4.69) is 21.2 Å². The van der Waals surface area contributed by atoms with Crippen LogP contribution in [0.5, 0.6) is 0 Å². The highest BCUT2D eigenvalue weighted by Crippen LogP contribution is 2.21. The number of amides is 1. The predicted molar refractivity (Wildman–Crippen MR) is 76.1 cm³/mol. The molecule has 0 saturated heterocycles. The predicted octanol–water partition coefficient (Wildman–Crippen LogP) is 3.57. The molecule has 0 unspecified atom stereocenters. The smallest absolute Gasteiger partial charge is 0.407 e. The quantitative estimate of drug-likeness (QED) is 0.856. The van der Waals surface area contributed by atoms with E-state index in [1.165, 1.54) is 0 Å². The van der Waals surface area contributed by atoms with Gasteiger partial charge in [-0.2, -0.15) is 0 Å². The van der Waals surface area contributed by atoms with Gasteiger partial charge in [0.05, 0.1) is 0 Å². The van der Waals surface area contributed by atoms with E-state index in [9.17, 15) is 4.79 Å². The molecule has 0 saturated carbocycles. The van der Waals surface area contributed by atoms with Crippen molar-refractivity contribution in [3.63, 3.8) is 0 Å². The van der Waals surface area contributed by atoms with Gasteiger partial charge in [0.1, 0.15) is 11.5 Å². The molecule has 0 bridgehead atoms. The zero-order valence-electron chi connectivity index (χ0n) is 10.3. The Hall–Kier alpha value is -1.75. The molecule has 1 aromatic carbocycles. The molecular weight excluding hydrogens is 310 g/mol. The molecule has 0 aliphatic carbocycles. The van der Waals surface area contributed by atoms with Gasteiger partial charge in [-0.25, -0.2) is 4.79 Å². The highest BCUT2D eigenvalue weighted by atomic mass is 79.9. The van der Waals surface area contributed by atoms with Crippen LogP contribution in [0.4, 0.5) is 4.79 Å². The number of hydrogen-bond donors (Lipinski definition) is 1. The highest BCUT2D eigenvalue weighted by Gasteiger charge is 2.07. The van der Waals surface area contributed by atoms with Crippen molar-refractivity contribution in [2.45, 2.75) is 6.61 Å². The molecule has 0 atom stereocenters. The van der Waals surface area contributed by atoms with Crippen molar-refractivity contribution >= 4 is 22.0 Å². The van der Waals surface area contributed by atoms with Crippen LogP contribution in [0.25, 0.3) is 11.3 Å². The number of halogens is 1. The van der Waals surface area contributed by atoms with Crippen molar-refractivity contribution in [3.8, 4) is 11.3 Å². The van der Waals surface area contributed by atoms with E-state index >= 15 is 0 Å². The SMILES string of the molecule is O=C(NCCBr)OCc1ccc(-c2ccccc2)o1. The van der Waals surface area contributed by atoms with E-state index < -0.39 is 6.09 Å². The summed E-state index contributed by atoms with van der Waals surface area (Å²) in [6.45, 7) is 0.660. The molecule has 0 aliphatic heterocycles. The van der Waals surface area contributed by atoms with Crippen molar-refractivity contribution < 1.29 is 13.9 Å². The monoisotopic (exact) mass is 323 g/mol. The Bertz CT molecular complexity index is 524. The minimum atomic E-state index is -0.447. The third-order valence-corrected chi connectivity index (χ3v) is 2.83. The van der Waals surface area contributed by atoms with Gasteiger partial charge in [-0.05, 0) is 12.1 Å². The summed E-state index contributed by atoms with van der Waals surface area (Å²) in [5.74, 6) is 1.38. The van der Waals surface area contributed by atoms with Crippen LogP contribution in [0, 0.1) is 0 Å². The normalized spacial score (nSPS) is 10.2. The Labute approximate surface area is 119 Å². The first kappa shape index (κ1) is 13.7. The zero-order chi connectivity index (χ0) is 13.5. The van der Waals surface area contributed by atoms with Gasteiger partial charge < -0.3 is 14.5 Å². The minimum absolute atomic E-state index is 0.126. The van der Waals surface area contributed by atoms with E-state index in [-0.39, 0.29) is 6.61 Å². The topological polar surface area (TPSA) is 51.5 Å². The van der Waals surface area contributed by atoms with Crippen molar-refractivity contribution in [1.29, 1.82) is 0 Å². The summed E-state index contributed by atoms with van der Waals surface area (Å²) in [5.41, 5.74) is 0.998. The highest BCUT2D eigenvalue weighted by molar-refractivity contribution is 9.09. The molecule has 0 radical (unpaired) electrons. The van der Waals surface area contributed by atoms with E-state index in [0.717, 1.165) is 11.3 Å². The largest absolute Gasteiger partial charge is 0.457 e. The number of carbonyl (C=O) groups excluding carboxylic acids is 1. The lowest BCUT2D eigenvalue weighted by atomic mass is 10.2. The number of hydrogen-bond acceptors (Lipinski definition) is 3. The second-order valence-corrected chi connectivity index (χ2v) is 4.62. The van der Waals surface area contributed by atoms with Gasteiger partial charge in [-0.15, -0.1) is 0 Å². The summed E-state index contributed by atoms with van der Waals surface area (Å²) in [6.07, 6.45) is -0.447. The number of alkyl carbamates (subject to hydrolysis) is 1. The second kappa shape index (κ2) is 6.99. The third kappa shape index (κ3) is 4.13. The Morgan fingerprint density at radius 3 is 2.74 bits per heavy atom. The van der Waals surface area contributed by atoms with Crippen LogP contribution in [-0.4, -0.2) is 18.0 Å². The first-order valence-corrected chi connectivity index (χ1v) is 7.02. The fourth-order valence-corrected chi connectivity index (χ4v) is 1.75. The van der Waals surface area contributed by atoms with E-state index in [4.69, 9.17) is 9.15 Å². The van der Waals surface area contributed by atoms with Crippen LogP contribution < -0.4 is 5.32 Å². The summed E-state index contributed by atoms with van der Waals surface area (Å²) in [5, 5.41) is 3.29. The van der Waals surface area contributed by atoms with Crippen molar-refractivity contribution in [2.75, 3.05) is 11.9 Å². The first-order valence-electron chi connectivity index (χ1n) is 5.90. The van der Waals surface area contributed by atoms with Gasteiger partial charge in [0.25, 0.3) is 0 Å². The fraction of sp³-hybridized carbons (Fsp3) is 0.214. The standard InChI is InChI=1S/C14H14BrNO3/c15-8-9-16-14(17)18-10-12-6-7-13(19-12)11-4-2-1-3-5-11/h1-7H,8-10H2,(H,16,17). The summed E-state index contributed by atoms with van der Waals surface area (Å²) in [4.78, 5) is 11.3. The third-order valence-electron chi connectivity index (χ3n) is 2.43. The molecule has 2 rings (SSSR count). The number of carbonyl (C=O) groups is 1. The molecule has 100 valence electrons. The Kier molecular flexibility index (Phi) is 5.03. The molecule has 0 aliphatic rings. The van der Waals surface area contributed by atoms with Crippen LogP contribution in [0.15, 0.2) is 46.9 Å². The van der Waals surface area contributed by atoms with Gasteiger partial charge in [0.2, 0.25) is 0 Å². The molecule has 1 heterocycles. The summed E-state index contributed by atoms with van der Waals surface area (Å²) < 4.78 is 10.6. The Morgan fingerprint density at radius 2 is 2.00 bits per heavy atom. The lowest BCUT2D eigenvalue weighted by Crippen LogP contribution is -2.25. The second-order valence-electron chi connectivity index (χ2n) is 3.82. The molecule has 1 N–H and O–H groups in total. The van der Waals surface area contributed by atoms with Crippen LogP contribution in [0.2, 0.25) is 0 Å². The molecule has 4 nitrogen and oxygen atoms in total. The molecule has 1 aromatic heterocycles. The molecule has 2 aromatic rings. The average Bonchev–Trinajstić information content (AvgIpc) is 2.93. The van der Waals surface area contributed by atoms with E-state index in [1.807, 2.05) is 36.4 Å². The lowest BCUT2D eigenvalue weighted by molar-refractivity contribution is 0.132. The van der Waals surface area contributed by atoms with Crippen LogP contribution in [-0.2, 0) is 11.3 Å². The number of ether oxygens (including phenoxy) is 1.